The van der Waals surface area contributed by atoms with E-state index in [2.05, 4.69) is 13.8 Å². The van der Waals surface area contributed by atoms with Gasteiger partial charge in [0.25, 0.3) is 0 Å². The van der Waals surface area contributed by atoms with Crippen molar-refractivity contribution in [1.29, 1.82) is 0 Å². The van der Waals surface area contributed by atoms with Crippen LogP contribution in [0.2, 0.25) is 0 Å². The van der Waals surface area contributed by atoms with Crippen molar-refractivity contribution in [1.82, 2.24) is 0 Å². The van der Waals surface area contributed by atoms with Crippen LogP contribution in [0.15, 0.2) is 0 Å². The molecule has 4 fully saturated rings. The van der Waals surface area contributed by atoms with Crippen LogP contribution in [0.4, 0.5) is 0 Å². The number of carbonyl (C=O) groups is 1. The molecule has 0 amide bonds. The van der Waals surface area contributed by atoms with Crippen molar-refractivity contribution in [2.75, 3.05) is 0 Å². The number of carboxylic acids is 1. The Morgan fingerprint density at radius 3 is 2.46 bits per heavy atom. The molecule has 0 aromatic heterocycles. The topological polar surface area (TPSA) is 77.8 Å². The minimum absolute atomic E-state index is 0.226. The normalized spacial score (nSPS) is 56.9. The Bertz CT molecular complexity index is 534. The first kappa shape index (κ1) is 16.8. The predicted molar refractivity (Wildman–Crippen MR) is 90.2 cm³/mol. The van der Waals surface area contributed by atoms with Gasteiger partial charge in [-0.3, -0.25) is 4.79 Å². The molecule has 0 heterocycles. The van der Waals surface area contributed by atoms with Gasteiger partial charge in [0.05, 0.1) is 18.1 Å². The van der Waals surface area contributed by atoms with Crippen molar-refractivity contribution in [2.45, 2.75) is 77.4 Å². The van der Waals surface area contributed by atoms with Crippen molar-refractivity contribution in [3.8, 4) is 0 Å². The number of rotatable bonds is 1. The second kappa shape index (κ2) is 5.44. The SMILES string of the molecule is CC12CCCC1C1CCC3CC(O)C(O)C(C(=O)O)C3(C)C1CC2. The van der Waals surface area contributed by atoms with Gasteiger partial charge in [-0.25, -0.2) is 0 Å². The zero-order valence-corrected chi connectivity index (χ0v) is 14.9. The fraction of sp³-hybridized carbons (Fsp3) is 0.950. The van der Waals surface area contributed by atoms with Crippen LogP contribution in [0, 0.1) is 40.4 Å². The van der Waals surface area contributed by atoms with E-state index in [1.54, 1.807) is 0 Å². The van der Waals surface area contributed by atoms with Gasteiger partial charge in [0.1, 0.15) is 0 Å². The Labute approximate surface area is 144 Å². The van der Waals surface area contributed by atoms with E-state index in [-0.39, 0.29) is 11.3 Å². The minimum atomic E-state index is -1.13. The van der Waals surface area contributed by atoms with Crippen LogP contribution in [0.3, 0.4) is 0 Å². The Kier molecular flexibility index (Phi) is 3.82. The fourth-order valence-electron chi connectivity index (χ4n) is 7.75. The Morgan fingerprint density at radius 2 is 1.75 bits per heavy atom. The van der Waals surface area contributed by atoms with Crippen molar-refractivity contribution in [3.05, 3.63) is 0 Å². The van der Waals surface area contributed by atoms with Crippen LogP contribution < -0.4 is 0 Å². The van der Waals surface area contributed by atoms with Crippen LogP contribution in [0.5, 0.6) is 0 Å². The van der Waals surface area contributed by atoms with Gasteiger partial charge < -0.3 is 15.3 Å². The predicted octanol–water partition coefficient (Wildman–Crippen LogP) is 3.06. The molecule has 136 valence electrons. The molecule has 24 heavy (non-hydrogen) atoms. The van der Waals surface area contributed by atoms with E-state index in [0.717, 1.165) is 18.8 Å². The summed E-state index contributed by atoms with van der Waals surface area (Å²) in [6, 6.07) is 0. The summed E-state index contributed by atoms with van der Waals surface area (Å²) in [7, 11) is 0. The second-order valence-corrected chi connectivity index (χ2v) is 9.71. The van der Waals surface area contributed by atoms with Crippen molar-refractivity contribution >= 4 is 5.97 Å². The van der Waals surface area contributed by atoms with Crippen LogP contribution in [0.1, 0.15) is 65.2 Å². The molecular formula is C20H32O4. The molecule has 4 saturated carbocycles. The van der Waals surface area contributed by atoms with Crippen LogP contribution in [0.25, 0.3) is 0 Å². The first-order chi connectivity index (χ1) is 11.3. The summed E-state index contributed by atoms with van der Waals surface area (Å²) in [6.07, 6.45) is 6.97. The van der Waals surface area contributed by atoms with Gasteiger partial charge in [-0.05, 0) is 79.4 Å². The fourth-order valence-corrected chi connectivity index (χ4v) is 7.75. The quantitative estimate of drug-likeness (QED) is 0.688. The lowest BCUT2D eigenvalue weighted by Gasteiger charge is -2.62. The zero-order valence-electron chi connectivity index (χ0n) is 14.9. The third-order valence-electron chi connectivity index (χ3n) is 8.94. The maximum absolute atomic E-state index is 12.1. The Morgan fingerprint density at radius 1 is 1.00 bits per heavy atom. The summed E-state index contributed by atoms with van der Waals surface area (Å²) in [6.45, 7) is 4.57. The standard InChI is InChI=1S/C20H32O4/c1-19-8-3-4-13(19)12-6-5-11-10-15(21)17(22)16(18(23)24)20(11,2)14(12)7-9-19/h11-17,21-22H,3-10H2,1-2H3,(H,23,24). The molecule has 4 nitrogen and oxygen atoms in total. The average Bonchev–Trinajstić information content (AvgIpc) is 2.90. The highest BCUT2D eigenvalue weighted by Gasteiger charge is 2.64. The molecule has 4 heteroatoms. The summed E-state index contributed by atoms with van der Waals surface area (Å²) in [4.78, 5) is 12.1. The molecule has 0 bridgehead atoms. The average molecular weight is 336 g/mol. The lowest BCUT2D eigenvalue weighted by Crippen LogP contribution is -2.63. The van der Waals surface area contributed by atoms with Gasteiger partial charge in [-0.15, -0.1) is 0 Å². The third kappa shape index (κ3) is 2.08. The van der Waals surface area contributed by atoms with Crippen LogP contribution in [-0.4, -0.2) is 33.5 Å². The van der Waals surface area contributed by atoms with Crippen LogP contribution >= 0.6 is 0 Å². The van der Waals surface area contributed by atoms with Gasteiger partial charge in [0.2, 0.25) is 0 Å². The zero-order chi connectivity index (χ0) is 17.3. The van der Waals surface area contributed by atoms with E-state index >= 15 is 0 Å². The molecule has 3 N–H and O–H groups in total. The number of aliphatic carboxylic acids is 1. The lowest BCUT2D eigenvalue weighted by molar-refractivity contribution is -0.207. The molecule has 4 aliphatic carbocycles. The molecular weight excluding hydrogens is 304 g/mol. The molecule has 0 radical (unpaired) electrons. The molecule has 0 aromatic carbocycles. The summed E-state index contributed by atoms with van der Waals surface area (Å²) < 4.78 is 0. The number of aliphatic hydroxyl groups excluding tert-OH is 2. The van der Waals surface area contributed by atoms with E-state index in [4.69, 9.17) is 0 Å². The van der Waals surface area contributed by atoms with Crippen molar-refractivity contribution in [3.63, 3.8) is 0 Å². The molecule has 0 spiro atoms. The first-order valence-corrected chi connectivity index (χ1v) is 9.88. The van der Waals surface area contributed by atoms with E-state index in [1.165, 1.54) is 32.1 Å². The molecule has 0 aromatic rings. The minimum Gasteiger partial charge on any atom is -0.481 e. The smallest absolute Gasteiger partial charge is 0.309 e. The highest BCUT2D eigenvalue weighted by molar-refractivity contribution is 5.72. The highest BCUT2D eigenvalue weighted by Crippen LogP contribution is 2.67. The van der Waals surface area contributed by atoms with Gasteiger partial charge in [-0.1, -0.05) is 20.3 Å². The molecule has 0 aliphatic heterocycles. The maximum Gasteiger partial charge on any atom is 0.309 e. The van der Waals surface area contributed by atoms with Crippen LogP contribution in [-0.2, 0) is 4.79 Å². The molecule has 0 saturated heterocycles. The highest BCUT2D eigenvalue weighted by atomic mass is 16.4. The summed E-state index contributed by atoms with van der Waals surface area (Å²) in [5.74, 6) is 0.197. The van der Waals surface area contributed by atoms with Gasteiger partial charge in [0.15, 0.2) is 0 Å². The molecule has 9 unspecified atom stereocenters. The van der Waals surface area contributed by atoms with E-state index < -0.39 is 24.1 Å². The molecule has 4 rings (SSSR count). The largest absolute Gasteiger partial charge is 0.481 e. The monoisotopic (exact) mass is 336 g/mol. The van der Waals surface area contributed by atoms with Gasteiger partial charge >= 0.3 is 5.97 Å². The van der Waals surface area contributed by atoms with Crippen molar-refractivity contribution in [2.24, 2.45) is 40.4 Å². The lowest BCUT2D eigenvalue weighted by atomic mass is 9.42. The first-order valence-electron chi connectivity index (χ1n) is 9.88. The molecule has 4 aliphatic rings. The van der Waals surface area contributed by atoms with Crippen molar-refractivity contribution < 1.29 is 20.1 Å². The summed E-state index contributed by atoms with van der Waals surface area (Å²) in [5.41, 5.74) is 0.0766. The number of fused-ring (bicyclic) bond motifs is 5. The van der Waals surface area contributed by atoms with E-state index in [1.807, 2.05) is 0 Å². The summed E-state index contributed by atoms with van der Waals surface area (Å²) >= 11 is 0. The van der Waals surface area contributed by atoms with E-state index in [0.29, 0.717) is 23.7 Å². The molecule has 9 atom stereocenters. The number of hydrogen-bond acceptors (Lipinski definition) is 3. The number of aliphatic hydroxyl groups is 2. The van der Waals surface area contributed by atoms with Gasteiger partial charge in [0, 0.05) is 0 Å². The van der Waals surface area contributed by atoms with E-state index in [9.17, 15) is 20.1 Å². The Balaban J connectivity index is 1.73. The Hall–Kier alpha value is -0.610. The van der Waals surface area contributed by atoms with Gasteiger partial charge in [-0.2, -0.15) is 0 Å². The summed E-state index contributed by atoms with van der Waals surface area (Å²) in [5, 5.41) is 30.6. The third-order valence-corrected chi connectivity index (χ3v) is 8.94. The second-order valence-electron chi connectivity index (χ2n) is 9.71. The number of carboxylic acid groups (broad SMARTS) is 1. The number of hydrogen-bond donors (Lipinski definition) is 3. The maximum atomic E-state index is 12.1.